The second-order valence-corrected chi connectivity index (χ2v) is 38.6. The first-order valence-corrected chi connectivity index (χ1v) is 31.2. The quantitative estimate of drug-likeness (QED) is 0.0596. The smallest absolute Gasteiger partial charge is 0.466 e. The van der Waals surface area contributed by atoms with E-state index < -0.39 is 50.9 Å². The lowest BCUT2D eigenvalue weighted by Crippen LogP contribution is -2.67. The summed E-state index contributed by atoms with van der Waals surface area (Å²) < 4.78 is 46.2. The highest BCUT2D eigenvalue weighted by Gasteiger charge is 2.58. The summed E-state index contributed by atoms with van der Waals surface area (Å²) in [6.07, 6.45) is 1.33. The van der Waals surface area contributed by atoms with Crippen LogP contribution < -0.4 is 0 Å². The summed E-state index contributed by atoms with van der Waals surface area (Å²) in [5, 5.41) is 0. The Hall–Kier alpha value is 0.271. The van der Waals surface area contributed by atoms with E-state index in [0.29, 0.717) is 38.3 Å². The van der Waals surface area contributed by atoms with Crippen molar-refractivity contribution in [1.82, 2.24) is 0 Å². The van der Waals surface area contributed by atoms with Crippen LogP contribution in [0.3, 0.4) is 0 Å². The van der Waals surface area contributed by atoms with Gasteiger partial charge in [-0.2, -0.15) is 0 Å². The molecule has 0 saturated carbocycles. The molecule has 38 heavy (non-hydrogen) atoms. The predicted octanol–water partition coefficient (Wildman–Crippen LogP) is 7.22. The van der Waals surface area contributed by atoms with E-state index in [1.165, 1.54) is 6.92 Å². The van der Waals surface area contributed by atoms with Crippen LogP contribution in [0.25, 0.3) is 0 Å². The number of rotatable bonds is 20. The van der Waals surface area contributed by atoms with E-state index in [9.17, 15) is 4.79 Å². The van der Waals surface area contributed by atoms with Crippen LogP contribution in [-0.4, -0.2) is 76.7 Å². The third-order valence-electron chi connectivity index (χ3n) is 4.21. The number of ether oxygens (including phenoxy) is 2. The summed E-state index contributed by atoms with van der Waals surface area (Å²) in [6, 6.07) is 1.17. The minimum absolute atomic E-state index is 0.293. The van der Waals surface area contributed by atoms with E-state index >= 15 is 0 Å². The van der Waals surface area contributed by atoms with Gasteiger partial charge in [-0.1, -0.05) is 12.2 Å². The van der Waals surface area contributed by atoms with Gasteiger partial charge in [-0.25, -0.2) is 0 Å². The van der Waals surface area contributed by atoms with Crippen LogP contribution in [0.4, 0.5) is 0 Å². The van der Waals surface area contributed by atoms with E-state index in [1.54, 1.807) is 0 Å². The molecule has 0 spiro atoms. The van der Waals surface area contributed by atoms with Crippen molar-refractivity contribution < 1.29 is 34.8 Å². The monoisotopic (exact) mass is 642 g/mol. The molecule has 0 fully saturated rings. The lowest BCUT2D eigenvalue weighted by molar-refractivity contribution is -0.141. The van der Waals surface area contributed by atoms with Crippen molar-refractivity contribution in [3.63, 3.8) is 0 Å². The molecule has 8 nitrogen and oxygen atoms in total. The van der Waals surface area contributed by atoms with Gasteiger partial charge in [0.2, 0.25) is 0 Å². The molecule has 0 saturated heterocycles. The lowest BCUT2D eigenvalue weighted by Gasteiger charge is -2.47. The van der Waals surface area contributed by atoms with Gasteiger partial charge >= 0.3 is 23.6 Å². The molecule has 0 atom stereocenters. The molecule has 0 unspecified atom stereocenters. The summed E-state index contributed by atoms with van der Waals surface area (Å²) in [5.74, 6) is -0.293. The van der Waals surface area contributed by atoms with Gasteiger partial charge in [0, 0.05) is 25.6 Å². The first kappa shape index (κ1) is 38.3. The molecular formula is C24H58O8Si6. The van der Waals surface area contributed by atoms with Crippen molar-refractivity contribution in [2.45, 2.75) is 117 Å². The Bertz CT molecular complexity index is 706. The van der Waals surface area contributed by atoms with E-state index in [2.05, 4.69) is 85.1 Å². The summed E-state index contributed by atoms with van der Waals surface area (Å²) >= 11 is 0. The molecular weight excluding hydrogens is 585 g/mol. The van der Waals surface area contributed by atoms with Gasteiger partial charge < -0.3 is 30.0 Å². The van der Waals surface area contributed by atoms with E-state index in [-0.39, 0.29) is 5.97 Å². The van der Waals surface area contributed by atoms with Crippen molar-refractivity contribution in [2.75, 3.05) is 19.8 Å². The van der Waals surface area contributed by atoms with Crippen LogP contribution in [0, 0.1) is 0 Å². The summed E-state index contributed by atoms with van der Waals surface area (Å²) in [4.78, 5) is 11.4. The topological polar surface area (TPSA) is 81.7 Å². The molecule has 0 rings (SSSR count). The Balaban J connectivity index is 6.63. The Morgan fingerprint density at radius 3 is 1.21 bits per heavy atom. The molecule has 0 aromatic rings. The van der Waals surface area contributed by atoms with Crippen LogP contribution in [0.2, 0.25) is 90.7 Å². The molecule has 0 N–H and O–H groups in total. The zero-order valence-electron chi connectivity index (χ0n) is 26.9. The van der Waals surface area contributed by atoms with E-state index in [0.717, 1.165) is 12.0 Å². The molecule has 0 aliphatic heterocycles. The minimum Gasteiger partial charge on any atom is -0.466 e. The van der Waals surface area contributed by atoms with Gasteiger partial charge in [-0.15, -0.1) is 0 Å². The maximum absolute atomic E-state index is 11.4. The average molecular weight is 643 g/mol. The normalized spacial score (nSPS) is 14.1. The number of carbonyl (C=O) groups is 1. The van der Waals surface area contributed by atoms with Gasteiger partial charge in [0.25, 0.3) is 0 Å². The highest BCUT2D eigenvalue weighted by molar-refractivity contribution is 6.92. The van der Waals surface area contributed by atoms with Crippen molar-refractivity contribution in [3.05, 3.63) is 12.2 Å². The van der Waals surface area contributed by atoms with Gasteiger partial charge in [-0.3, -0.25) is 4.79 Å². The van der Waals surface area contributed by atoms with Gasteiger partial charge in [-0.05, 0) is 98.3 Å². The molecule has 14 heteroatoms. The fraction of sp³-hybridized carbons (Fsp3) is 0.875. The molecule has 0 aliphatic carbocycles. The standard InChI is InChI=1S/C24H58O8Si6/c1-23(2)22-26-18-16-20-37(28-33(4,5)6,29-34(7,8)9)32-38(30-35(10,11)12,31-36(13,14)15)21-17-19-27-24(3)25/h1,16-22H2,2-15H3. The van der Waals surface area contributed by atoms with Crippen LogP contribution in [0.1, 0.15) is 26.7 Å². The number of esters is 1. The Kier molecular flexibility index (Phi) is 15.6. The second-order valence-electron chi connectivity index (χ2n) is 13.9. The zero-order chi connectivity index (χ0) is 30.1. The van der Waals surface area contributed by atoms with Crippen molar-refractivity contribution >= 4 is 56.8 Å². The Labute approximate surface area is 240 Å². The second kappa shape index (κ2) is 15.5. The number of carbonyl (C=O) groups excluding carboxylic acids is 1. The van der Waals surface area contributed by atoms with Crippen molar-refractivity contribution in [3.8, 4) is 0 Å². The van der Waals surface area contributed by atoms with Crippen LogP contribution in [-0.2, 0) is 34.8 Å². The molecule has 0 heterocycles. The van der Waals surface area contributed by atoms with Crippen LogP contribution >= 0.6 is 0 Å². The Morgan fingerprint density at radius 1 is 0.579 bits per heavy atom. The molecule has 0 aliphatic rings. The lowest BCUT2D eigenvalue weighted by atomic mass is 10.4. The molecule has 0 radical (unpaired) electrons. The maximum atomic E-state index is 11.4. The Morgan fingerprint density at radius 2 is 0.921 bits per heavy atom. The average Bonchev–Trinajstić information content (AvgIpc) is 2.58. The number of hydrogen-bond acceptors (Lipinski definition) is 8. The minimum atomic E-state index is -3.33. The maximum Gasteiger partial charge on any atom is 0.472 e. The highest BCUT2D eigenvalue weighted by atomic mass is 28.5. The zero-order valence-corrected chi connectivity index (χ0v) is 32.9. The molecule has 0 aromatic heterocycles. The predicted molar refractivity (Wildman–Crippen MR) is 171 cm³/mol. The van der Waals surface area contributed by atoms with Crippen LogP contribution in [0.5, 0.6) is 0 Å². The van der Waals surface area contributed by atoms with Crippen molar-refractivity contribution in [2.24, 2.45) is 0 Å². The SMILES string of the molecule is C=C(C)COCCC[Si](O[Si](C)(C)C)(O[Si](C)(C)C)O[Si](CCCOC(C)=O)(O[Si](C)(C)C)O[Si](C)(C)C. The highest BCUT2D eigenvalue weighted by Crippen LogP contribution is 2.35. The van der Waals surface area contributed by atoms with Gasteiger partial charge in [0.05, 0.1) is 13.2 Å². The largest absolute Gasteiger partial charge is 0.472 e. The third kappa shape index (κ3) is 20.2. The molecule has 0 bridgehead atoms. The fourth-order valence-corrected chi connectivity index (χ4v) is 27.4. The third-order valence-corrected chi connectivity index (χ3v) is 23.4. The van der Waals surface area contributed by atoms with Crippen LogP contribution in [0.15, 0.2) is 12.2 Å². The first-order chi connectivity index (χ1) is 16.9. The van der Waals surface area contributed by atoms with E-state index in [1.807, 2.05) is 6.92 Å². The number of hydrogen-bond donors (Lipinski definition) is 0. The first-order valence-electron chi connectivity index (χ1n) is 13.7. The molecule has 0 aromatic carbocycles. The van der Waals surface area contributed by atoms with Gasteiger partial charge in [0.15, 0.2) is 33.3 Å². The van der Waals surface area contributed by atoms with E-state index in [4.69, 9.17) is 30.0 Å². The fourth-order valence-electron chi connectivity index (χ4n) is 3.68. The molecule has 226 valence electrons. The van der Waals surface area contributed by atoms with Crippen molar-refractivity contribution in [1.29, 1.82) is 0 Å². The van der Waals surface area contributed by atoms with Gasteiger partial charge in [0.1, 0.15) is 0 Å². The molecule has 0 amide bonds. The summed E-state index contributed by atoms with van der Waals surface area (Å²) in [5.41, 5.74) is 0.993. The summed E-state index contributed by atoms with van der Waals surface area (Å²) in [7, 11) is -15.1. The summed E-state index contributed by atoms with van der Waals surface area (Å²) in [6.45, 7) is 34.7.